The summed E-state index contributed by atoms with van der Waals surface area (Å²) in [5.74, 6) is -0.881. The number of carboxylic acids is 1. The van der Waals surface area contributed by atoms with Crippen molar-refractivity contribution in [1.82, 2.24) is 9.78 Å². The first-order chi connectivity index (χ1) is 7.22. The van der Waals surface area contributed by atoms with Gasteiger partial charge in [-0.05, 0) is 19.1 Å². The molecule has 2 aromatic heterocycles. The van der Waals surface area contributed by atoms with Crippen molar-refractivity contribution in [3.8, 4) is 11.3 Å². The van der Waals surface area contributed by atoms with Crippen molar-refractivity contribution >= 4 is 17.3 Å². The number of carbonyl (C=O) groups is 1. The van der Waals surface area contributed by atoms with Gasteiger partial charge in [0.05, 0.1) is 5.69 Å². The van der Waals surface area contributed by atoms with Crippen LogP contribution >= 0.6 is 11.3 Å². The normalized spacial score (nSPS) is 10.5. The molecule has 0 saturated heterocycles. The summed E-state index contributed by atoms with van der Waals surface area (Å²) in [4.78, 5) is 11.1. The Morgan fingerprint density at radius 3 is 3.07 bits per heavy atom. The molecule has 0 amide bonds. The lowest BCUT2D eigenvalue weighted by atomic mass is 10.2. The first-order valence-corrected chi connectivity index (χ1v) is 5.44. The van der Waals surface area contributed by atoms with Crippen molar-refractivity contribution in [2.45, 2.75) is 13.5 Å². The van der Waals surface area contributed by atoms with Crippen molar-refractivity contribution in [3.63, 3.8) is 0 Å². The Balaban J connectivity index is 2.41. The Morgan fingerprint density at radius 2 is 2.47 bits per heavy atom. The fourth-order valence-corrected chi connectivity index (χ4v) is 2.15. The lowest BCUT2D eigenvalue weighted by molar-refractivity contribution is 0.0702. The van der Waals surface area contributed by atoms with Gasteiger partial charge >= 0.3 is 5.97 Å². The highest BCUT2D eigenvalue weighted by Crippen LogP contribution is 2.25. The Hall–Kier alpha value is -1.62. The highest BCUT2D eigenvalue weighted by molar-refractivity contribution is 7.12. The fraction of sp³-hybridized carbons (Fsp3) is 0.200. The quantitative estimate of drug-likeness (QED) is 0.867. The maximum atomic E-state index is 10.7. The van der Waals surface area contributed by atoms with Crippen LogP contribution < -0.4 is 0 Å². The number of nitrogens with zero attached hydrogens (tertiary/aromatic N) is 2. The lowest BCUT2D eigenvalue weighted by Gasteiger charge is -2.00. The fourth-order valence-electron chi connectivity index (χ4n) is 1.41. The zero-order valence-electron chi connectivity index (χ0n) is 8.17. The maximum Gasteiger partial charge on any atom is 0.345 e. The molecule has 0 radical (unpaired) electrons. The summed E-state index contributed by atoms with van der Waals surface area (Å²) in [6.07, 6.45) is 1.72. The summed E-state index contributed by atoms with van der Waals surface area (Å²) >= 11 is 1.23. The van der Waals surface area contributed by atoms with Crippen molar-refractivity contribution in [1.29, 1.82) is 0 Å². The molecule has 2 heterocycles. The van der Waals surface area contributed by atoms with Gasteiger partial charge in [0.2, 0.25) is 0 Å². The number of rotatable bonds is 3. The summed E-state index contributed by atoms with van der Waals surface area (Å²) in [6, 6.07) is 3.56. The van der Waals surface area contributed by atoms with E-state index in [4.69, 9.17) is 5.11 Å². The van der Waals surface area contributed by atoms with Crippen LogP contribution in [0.15, 0.2) is 23.7 Å². The lowest BCUT2D eigenvalue weighted by Crippen LogP contribution is -1.98. The van der Waals surface area contributed by atoms with E-state index < -0.39 is 5.97 Å². The summed E-state index contributed by atoms with van der Waals surface area (Å²) < 4.78 is 1.84. The average Bonchev–Trinajstić information content (AvgIpc) is 2.85. The van der Waals surface area contributed by atoms with E-state index in [1.165, 1.54) is 11.3 Å². The van der Waals surface area contributed by atoms with E-state index in [1.54, 1.807) is 12.3 Å². The van der Waals surface area contributed by atoms with Crippen LogP contribution in [-0.4, -0.2) is 20.9 Å². The highest BCUT2D eigenvalue weighted by Gasteiger charge is 2.10. The van der Waals surface area contributed by atoms with Crippen molar-refractivity contribution < 1.29 is 9.90 Å². The molecular weight excluding hydrogens is 212 g/mol. The van der Waals surface area contributed by atoms with Crippen LogP contribution in [0.5, 0.6) is 0 Å². The van der Waals surface area contributed by atoms with Crippen LogP contribution in [-0.2, 0) is 6.54 Å². The SMILES string of the molecule is CCn1nccc1-c1csc(C(=O)O)c1. The Morgan fingerprint density at radius 1 is 1.67 bits per heavy atom. The molecule has 0 spiro atoms. The smallest absolute Gasteiger partial charge is 0.345 e. The van der Waals surface area contributed by atoms with Gasteiger partial charge in [0.1, 0.15) is 4.88 Å². The molecule has 0 aliphatic rings. The third kappa shape index (κ3) is 1.78. The summed E-state index contributed by atoms with van der Waals surface area (Å²) in [5, 5.41) is 14.8. The van der Waals surface area contributed by atoms with Gasteiger partial charge in [-0.25, -0.2) is 4.79 Å². The molecule has 4 nitrogen and oxygen atoms in total. The molecule has 0 aliphatic heterocycles. The number of hydrogen-bond acceptors (Lipinski definition) is 3. The molecule has 0 aromatic carbocycles. The third-order valence-corrected chi connectivity index (χ3v) is 3.04. The van der Waals surface area contributed by atoms with Gasteiger partial charge in [-0.15, -0.1) is 11.3 Å². The zero-order valence-corrected chi connectivity index (χ0v) is 8.99. The number of hydrogen-bond donors (Lipinski definition) is 1. The van der Waals surface area contributed by atoms with E-state index in [2.05, 4.69) is 5.10 Å². The maximum absolute atomic E-state index is 10.7. The van der Waals surface area contributed by atoms with E-state index in [1.807, 2.05) is 23.1 Å². The number of aromatic carboxylic acids is 1. The first kappa shape index (κ1) is 9.92. The van der Waals surface area contributed by atoms with Crippen molar-refractivity contribution in [2.75, 3.05) is 0 Å². The Labute approximate surface area is 90.8 Å². The van der Waals surface area contributed by atoms with E-state index in [0.717, 1.165) is 17.8 Å². The van der Waals surface area contributed by atoms with Gasteiger partial charge in [-0.3, -0.25) is 4.68 Å². The van der Waals surface area contributed by atoms with Crippen LogP contribution in [0.25, 0.3) is 11.3 Å². The number of thiophene rings is 1. The minimum absolute atomic E-state index is 0.355. The van der Waals surface area contributed by atoms with Crippen molar-refractivity contribution in [2.24, 2.45) is 0 Å². The molecule has 0 bridgehead atoms. The van der Waals surface area contributed by atoms with Crippen molar-refractivity contribution in [3.05, 3.63) is 28.6 Å². The largest absolute Gasteiger partial charge is 0.477 e. The Bertz CT molecular complexity index is 487. The standard InChI is InChI=1S/C10H10N2O2S/c1-2-12-8(3-4-11-12)7-5-9(10(13)14)15-6-7/h3-6H,2H2,1H3,(H,13,14). The molecule has 15 heavy (non-hydrogen) atoms. The third-order valence-electron chi connectivity index (χ3n) is 2.12. The van der Waals surface area contributed by atoms with E-state index >= 15 is 0 Å². The minimum atomic E-state index is -0.881. The summed E-state index contributed by atoms with van der Waals surface area (Å²) in [6.45, 7) is 2.78. The van der Waals surface area contributed by atoms with Crippen LogP contribution in [0, 0.1) is 0 Å². The van der Waals surface area contributed by atoms with E-state index in [-0.39, 0.29) is 0 Å². The molecule has 78 valence electrons. The van der Waals surface area contributed by atoms with Crippen LogP contribution in [0.1, 0.15) is 16.6 Å². The average molecular weight is 222 g/mol. The van der Waals surface area contributed by atoms with Crippen LogP contribution in [0.2, 0.25) is 0 Å². The molecule has 0 fully saturated rings. The highest BCUT2D eigenvalue weighted by atomic mass is 32.1. The zero-order chi connectivity index (χ0) is 10.8. The van der Waals surface area contributed by atoms with Gasteiger partial charge < -0.3 is 5.11 Å². The summed E-state index contributed by atoms with van der Waals surface area (Å²) in [7, 11) is 0. The number of aryl methyl sites for hydroxylation is 1. The number of aromatic nitrogens is 2. The predicted molar refractivity (Wildman–Crippen MR) is 58.2 cm³/mol. The molecule has 2 aromatic rings. The molecule has 0 unspecified atom stereocenters. The Kier molecular flexibility index (Phi) is 2.55. The topological polar surface area (TPSA) is 55.1 Å². The summed E-state index contributed by atoms with van der Waals surface area (Å²) in [5.41, 5.74) is 1.87. The van der Waals surface area contributed by atoms with E-state index in [0.29, 0.717) is 4.88 Å². The van der Waals surface area contributed by atoms with Gasteiger partial charge in [0.15, 0.2) is 0 Å². The van der Waals surface area contributed by atoms with Crippen LogP contribution in [0.4, 0.5) is 0 Å². The first-order valence-electron chi connectivity index (χ1n) is 4.56. The molecule has 5 heteroatoms. The van der Waals surface area contributed by atoms with Gasteiger partial charge in [0, 0.05) is 23.7 Å². The predicted octanol–water partition coefficient (Wildman–Crippen LogP) is 2.33. The molecular formula is C10H10N2O2S. The molecule has 0 aliphatic carbocycles. The second kappa shape index (κ2) is 3.86. The number of carboxylic acid groups (broad SMARTS) is 1. The molecule has 2 rings (SSSR count). The van der Waals surface area contributed by atoms with Gasteiger partial charge in [-0.1, -0.05) is 0 Å². The van der Waals surface area contributed by atoms with Gasteiger partial charge in [-0.2, -0.15) is 5.10 Å². The van der Waals surface area contributed by atoms with Gasteiger partial charge in [0.25, 0.3) is 0 Å². The minimum Gasteiger partial charge on any atom is -0.477 e. The van der Waals surface area contributed by atoms with Crippen LogP contribution in [0.3, 0.4) is 0 Å². The molecule has 0 saturated carbocycles. The monoisotopic (exact) mass is 222 g/mol. The second-order valence-corrected chi connectivity index (χ2v) is 3.95. The molecule has 1 N–H and O–H groups in total. The van der Waals surface area contributed by atoms with E-state index in [9.17, 15) is 4.79 Å². The second-order valence-electron chi connectivity index (χ2n) is 3.04. The molecule has 0 atom stereocenters.